The number of benzene rings is 4. The van der Waals surface area contributed by atoms with Crippen molar-refractivity contribution in [3.05, 3.63) is 112 Å². The van der Waals surface area contributed by atoms with Gasteiger partial charge in [-0.3, -0.25) is 20.2 Å². The Morgan fingerprint density at radius 1 is 0.923 bits per heavy atom. The standard InChI is InChI=1S/C31H29N3O5/c1-3-38-27-17-23(14-15-26(27)39-18-20-12-13-21-8-4-5-9-22(21)16-20)28-19(2)33-31(29(28)34(36)37)24-10-6-7-11-25(24)32-30(31)35/h4-17,19,28-29,33H,3,18H2,1-2H3,(H,32,35)/t19-,28-,29+,31-/m0/s1. The molecule has 8 heteroatoms. The number of hydrogen-bond acceptors (Lipinski definition) is 6. The van der Waals surface area contributed by atoms with E-state index in [4.69, 9.17) is 9.47 Å². The quantitative estimate of drug-likeness (QED) is 0.249. The Morgan fingerprint density at radius 2 is 1.69 bits per heavy atom. The van der Waals surface area contributed by atoms with E-state index in [0.29, 0.717) is 41.5 Å². The van der Waals surface area contributed by atoms with Gasteiger partial charge in [0.05, 0.1) is 12.5 Å². The molecular formula is C31H29N3O5. The third-order valence-electron chi connectivity index (χ3n) is 7.82. The second-order valence-electron chi connectivity index (χ2n) is 10.1. The van der Waals surface area contributed by atoms with Crippen LogP contribution in [0.5, 0.6) is 11.5 Å². The van der Waals surface area contributed by atoms with Crippen molar-refractivity contribution in [2.24, 2.45) is 0 Å². The van der Waals surface area contributed by atoms with Gasteiger partial charge in [-0.1, -0.05) is 60.7 Å². The van der Waals surface area contributed by atoms with Crippen molar-refractivity contribution in [3.8, 4) is 11.5 Å². The van der Waals surface area contributed by atoms with E-state index >= 15 is 0 Å². The highest BCUT2D eigenvalue weighted by Crippen LogP contribution is 2.50. The molecule has 2 heterocycles. The van der Waals surface area contributed by atoms with E-state index in [1.807, 2.05) is 44.2 Å². The van der Waals surface area contributed by atoms with Crippen LogP contribution in [-0.4, -0.2) is 29.5 Å². The third kappa shape index (κ3) is 4.08. The van der Waals surface area contributed by atoms with Crippen molar-refractivity contribution in [3.63, 3.8) is 0 Å². The molecular weight excluding hydrogens is 494 g/mol. The summed E-state index contributed by atoms with van der Waals surface area (Å²) in [6, 6.07) is 25.4. The molecule has 0 aliphatic carbocycles. The summed E-state index contributed by atoms with van der Waals surface area (Å²) in [6.45, 7) is 4.53. The Bertz CT molecular complexity index is 1590. The maximum absolute atomic E-state index is 13.3. The van der Waals surface area contributed by atoms with Crippen LogP contribution in [0.4, 0.5) is 5.69 Å². The molecule has 4 aromatic rings. The Balaban J connectivity index is 1.32. The van der Waals surface area contributed by atoms with Gasteiger partial charge < -0.3 is 14.8 Å². The number of ether oxygens (including phenoxy) is 2. The Kier molecular flexibility index (Phi) is 6.19. The first kappa shape index (κ1) is 24.9. The second kappa shape index (κ2) is 9.71. The molecule has 1 spiro atoms. The molecule has 0 unspecified atom stereocenters. The van der Waals surface area contributed by atoms with E-state index in [9.17, 15) is 14.9 Å². The number of nitrogens with zero attached hydrogens (tertiary/aromatic N) is 1. The van der Waals surface area contributed by atoms with E-state index < -0.39 is 23.4 Å². The van der Waals surface area contributed by atoms with Crippen LogP contribution in [0.15, 0.2) is 84.9 Å². The van der Waals surface area contributed by atoms with E-state index in [-0.39, 0.29) is 11.0 Å². The van der Waals surface area contributed by atoms with Gasteiger partial charge in [0.1, 0.15) is 6.61 Å². The van der Waals surface area contributed by atoms with Gasteiger partial charge in [0, 0.05) is 22.2 Å². The average molecular weight is 524 g/mol. The number of para-hydroxylation sites is 1. The lowest BCUT2D eigenvalue weighted by atomic mass is 9.78. The average Bonchev–Trinajstić information content (AvgIpc) is 3.41. The fourth-order valence-electron chi connectivity index (χ4n) is 6.16. The molecule has 0 bridgehead atoms. The second-order valence-corrected chi connectivity index (χ2v) is 10.1. The minimum Gasteiger partial charge on any atom is -0.490 e. The maximum atomic E-state index is 13.3. The van der Waals surface area contributed by atoms with E-state index in [2.05, 4.69) is 34.9 Å². The molecule has 0 saturated carbocycles. The highest BCUT2D eigenvalue weighted by molar-refractivity contribution is 6.07. The predicted octanol–water partition coefficient (Wildman–Crippen LogP) is 5.39. The van der Waals surface area contributed by atoms with Gasteiger partial charge in [0.15, 0.2) is 17.0 Å². The van der Waals surface area contributed by atoms with Crippen molar-refractivity contribution in [1.82, 2.24) is 5.32 Å². The van der Waals surface area contributed by atoms with Crippen LogP contribution in [0, 0.1) is 10.1 Å². The lowest BCUT2D eigenvalue weighted by Crippen LogP contribution is -2.54. The number of fused-ring (bicyclic) bond motifs is 3. The highest BCUT2D eigenvalue weighted by Gasteiger charge is 2.67. The van der Waals surface area contributed by atoms with Crippen molar-refractivity contribution in [2.75, 3.05) is 11.9 Å². The van der Waals surface area contributed by atoms with Gasteiger partial charge in [0.2, 0.25) is 0 Å². The molecule has 39 heavy (non-hydrogen) atoms. The molecule has 1 saturated heterocycles. The minimum absolute atomic E-state index is 0.326. The number of anilines is 1. The molecule has 0 radical (unpaired) electrons. The topological polar surface area (TPSA) is 103 Å². The van der Waals surface area contributed by atoms with Gasteiger partial charge in [-0.2, -0.15) is 0 Å². The Morgan fingerprint density at radius 3 is 2.49 bits per heavy atom. The van der Waals surface area contributed by atoms with Gasteiger partial charge in [-0.25, -0.2) is 0 Å². The normalized spacial score (nSPS) is 23.5. The largest absolute Gasteiger partial charge is 0.490 e. The van der Waals surface area contributed by atoms with Crippen LogP contribution in [0.3, 0.4) is 0 Å². The fraction of sp³-hybridized carbons (Fsp3) is 0.258. The molecule has 2 aliphatic rings. The van der Waals surface area contributed by atoms with Crippen molar-refractivity contribution < 1.29 is 19.2 Å². The number of amides is 1. The fourth-order valence-corrected chi connectivity index (χ4v) is 6.16. The predicted molar refractivity (Wildman–Crippen MR) is 149 cm³/mol. The summed E-state index contributed by atoms with van der Waals surface area (Å²) in [6.07, 6.45) is 0. The van der Waals surface area contributed by atoms with Crippen LogP contribution in [0.1, 0.15) is 36.5 Å². The first-order valence-electron chi connectivity index (χ1n) is 13.1. The number of hydrogen-bond donors (Lipinski definition) is 2. The molecule has 8 nitrogen and oxygen atoms in total. The number of nitro groups is 1. The molecule has 4 atom stereocenters. The lowest BCUT2D eigenvalue weighted by Gasteiger charge is -2.25. The summed E-state index contributed by atoms with van der Waals surface area (Å²) in [4.78, 5) is 25.6. The summed E-state index contributed by atoms with van der Waals surface area (Å²) in [5.74, 6) is 0.0942. The van der Waals surface area contributed by atoms with Crippen LogP contribution < -0.4 is 20.1 Å². The summed E-state index contributed by atoms with van der Waals surface area (Å²) >= 11 is 0. The smallest absolute Gasteiger partial charge is 0.256 e. The Hall–Kier alpha value is -4.43. The van der Waals surface area contributed by atoms with Crippen molar-refractivity contribution >= 4 is 22.4 Å². The molecule has 4 aromatic carbocycles. The maximum Gasteiger partial charge on any atom is 0.256 e. The highest BCUT2D eigenvalue weighted by atomic mass is 16.6. The monoisotopic (exact) mass is 523 g/mol. The van der Waals surface area contributed by atoms with Crippen LogP contribution in [0.25, 0.3) is 10.8 Å². The number of carbonyl (C=O) groups is 1. The number of nitrogens with one attached hydrogen (secondary N) is 2. The van der Waals surface area contributed by atoms with Crippen LogP contribution in [0.2, 0.25) is 0 Å². The summed E-state index contributed by atoms with van der Waals surface area (Å²) in [7, 11) is 0. The first-order chi connectivity index (χ1) is 18.9. The van der Waals surface area contributed by atoms with Crippen molar-refractivity contribution in [1.29, 1.82) is 0 Å². The molecule has 2 N–H and O–H groups in total. The lowest BCUT2D eigenvalue weighted by molar-refractivity contribution is -0.532. The SMILES string of the molecule is CCOc1cc([C@@H]2[C@H](C)N[C@]3(C(=O)Nc4ccccc43)[C@@H]2[N+](=O)[O-])ccc1OCc1ccc2ccccc2c1. The van der Waals surface area contributed by atoms with Crippen LogP contribution in [-0.2, 0) is 16.9 Å². The minimum atomic E-state index is -1.46. The number of rotatable bonds is 7. The third-order valence-corrected chi connectivity index (χ3v) is 7.82. The van der Waals surface area contributed by atoms with Gasteiger partial charge in [0.25, 0.3) is 11.9 Å². The van der Waals surface area contributed by atoms with E-state index in [0.717, 1.165) is 16.3 Å². The van der Waals surface area contributed by atoms with Gasteiger partial charge in [-0.15, -0.1) is 0 Å². The summed E-state index contributed by atoms with van der Waals surface area (Å²) < 4.78 is 12.1. The van der Waals surface area contributed by atoms with Crippen LogP contribution >= 0.6 is 0 Å². The zero-order valence-electron chi connectivity index (χ0n) is 21.7. The van der Waals surface area contributed by atoms with E-state index in [1.165, 1.54) is 0 Å². The molecule has 0 aromatic heterocycles. The molecule has 1 amide bonds. The molecule has 1 fully saturated rings. The number of carbonyl (C=O) groups excluding carboxylic acids is 1. The van der Waals surface area contributed by atoms with E-state index in [1.54, 1.807) is 30.3 Å². The zero-order chi connectivity index (χ0) is 27.1. The summed E-state index contributed by atoms with van der Waals surface area (Å²) in [5, 5.41) is 21.1. The first-order valence-corrected chi connectivity index (χ1v) is 13.1. The molecule has 6 rings (SSSR count). The van der Waals surface area contributed by atoms with Gasteiger partial charge >= 0.3 is 0 Å². The zero-order valence-corrected chi connectivity index (χ0v) is 21.7. The molecule has 198 valence electrons. The Labute approximate surface area is 226 Å². The van der Waals surface area contributed by atoms with Crippen molar-refractivity contribution in [2.45, 2.75) is 44.0 Å². The summed E-state index contributed by atoms with van der Waals surface area (Å²) in [5.41, 5.74) is 1.48. The molecule has 2 aliphatic heterocycles. The van der Waals surface area contributed by atoms with Gasteiger partial charge in [-0.05, 0) is 60.0 Å².